The molecule has 6 N–H and O–H groups in total. The number of aliphatic carboxylic acids is 1. The molecule has 1 atom stereocenters. The van der Waals surface area contributed by atoms with Crippen molar-refractivity contribution in [3.8, 4) is 0 Å². The minimum atomic E-state index is -0.960. The summed E-state index contributed by atoms with van der Waals surface area (Å²) in [6, 6.07) is 11.6. The molecule has 7 heteroatoms. The van der Waals surface area contributed by atoms with E-state index in [2.05, 4.69) is 10.6 Å². The Labute approximate surface area is 153 Å². The SMILES string of the molecule is CCNc1cc(C)cc(C(Nc2ccc(C(=N)N)cc2)C(=O)O)c1.Cl. The van der Waals surface area contributed by atoms with Crippen molar-refractivity contribution in [3.05, 3.63) is 59.2 Å². The molecule has 6 nitrogen and oxygen atoms in total. The van der Waals surface area contributed by atoms with Crippen LogP contribution in [-0.4, -0.2) is 23.5 Å². The minimum absolute atomic E-state index is 0. The maximum atomic E-state index is 11.7. The Morgan fingerprint density at radius 3 is 2.36 bits per heavy atom. The van der Waals surface area contributed by atoms with E-state index < -0.39 is 12.0 Å². The molecule has 134 valence electrons. The van der Waals surface area contributed by atoms with Crippen LogP contribution >= 0.6 is 12.4 Å². The number of halogens is 1. The first-order chi connectivity index (χ1) is 11.4. The molecule has 0 aliphatic rings. The topological polar surface area (TPSA) is 111 Å². The number of hydrogen-bond acceptors (Lipinski definition) is 4. The molecule has 0 saturated heterocycles. The second kappa shape index (κ2) is 8.94. The van der Waals surface area contributed by atoms with Crippen molar-refractivity contribution in [1.82, 2.24) is 0 Å². The van der Waals surface area contributed by atoms with Crippen molar-refractivity contribution in [1.29, 1.82) is 5.41 Å². The van der Waals surface area contributed by atoms with E-state index in [0.29, 0.717) is 16.8 Å². The van der Waals surface area contributed by atoms with Crippen LogP contribution in [0.3, 0.4) is 0 Å². The third-order valence-corrected chi connectivity index (χ3v) is 3.57. The van der Waals surface area contributed by atoms with Crippen molar-refractivity contribution in [2.24, 2.45) is 5.73 Å². The third kappa shape index (κ3) is 5.39. The van der Waals surface area contributed by atoms with E-state index in [-0.39, 0.29) is 18.2 Å². The molecule has 0 aliphatic heterocycles. The highest BCUT2D eigenvalue weighted by Crippen LogP contribution is 2.24. The molecule has 2 rings (SSSR count). The zero-order valence-electron chi connectivity index (χ0n) is 14.2. The number of rotatable bonds is 7. The maximum absolute atomic E-state index is 11.7. The normalized spacial score (nSPS) is 11.1. The molecule has 0 saturated carbocycles. The molecular formula is C18H23ClN4O2. The van der Waals surface area contributed by atoms with Crippen LogP contribution in [0.5, 0.6) is 0 Å². The number of anilines is 2. The lowest BCUT2D eigenvalue weighted by molar-refractivity contribution is -0.138. The van der Waals surface area contributed by atoms with E-state index in [1.165, 1.54) is 0 Å². The van der Waals surface area contributed by atoms with Gasteiger partial charge in [-0.3, -0.25) is 5.41 Å². The lowest BCUT2D eigenvalue weighted by atomic mass is 10.0. The molecular weight excluding hydrogens is 340 g/mol. The van der Waals surface area contributed by atoms with Gasteiger partial charge in [0.25, 0.3) is 0 Å². The van der Waals surface area contributed by atoms with Crippen molar-refractivity contribution in [2.75, 3.05) is 17.2 Å². The van der Waals surface area contributed by atoms with Gasteiger partial charge < -0.3 is 21.5 Å². The van der Waals surface area contributed by atoms with E-state index in [1.807, 2.05) is 32.0 Å². The largest absolute Gasteiger partial charge is 0.479 e. The molecule has 25 heavy (non-hydrogen) atoms. The summed E-state index contributed by atoms with van der Waals surface area (Å²) < 4.78 is 0. The summed E-state index contributed by atoms with van der Waals surface area (Å²) in [4.78, 5) is 11.7. The van der Waals surface area contributed by atoms with Crippen LogP contribution in [-0.2, 0) is 4.79 Å². The lowest BCUT2D eigenvalue weighted by Gasteiger charge is -2.18. The molecule has 0 bridgehead atoms. The number of nitrogen functional groups attached to an aromatic ring is 1. The fourth-order valence-electron chi connectivity index (χ4n) is 2.49. The van der Waals surface area contributed by atoms with E-state index in [0.717, 1.165) is 17.8 Å². The van der Waals surface area contributed by atoms with Gasteiger partial charge in [0, 0.05) is 23.5 Å². The zero-order chi connectivity index (χ0) is 17.7. The molecule has 0 fully saturated rings. The predicted molar refractivity (Wildman–Crippen MR) is 104 cm³/mol. The van der Waals surface area contributed by atoms with Gasteiger partial charge in [-0.2, -0.15) is 0 Å². The number of aryl methyl sites for hydroxylation is 1. The van der Waals surface area contributed by atoms with Gasteiger partial charge >= 0.3 is 5.97 Å². The molecule has 0 aromatic heterocycles. The number of carbonyl (C=O) groups is 1. The number of carboxylic acids is 1. The molecule has 0 aliphatic carbocycles. The lowest BCUT2D eigenvalue weighted by Crippen LogP contribution is -2.21. The highest BCUT2D eigenvalue weighted by atomic mass is 35.5. The number of carboxylic acid groups (broad SMARTS) is 1. The number of nitrogens with two attached hydrogens (primary N) is 1. The van der Waals surface area contributed by atoms with Crippen LogP contribution in [0, 0.1) is 12.3 Å². The minimum Gasteiger partial charge on any atom is -0.479 e. The Kier molecular flexibility index (Phi) is 7.26. The predicted octanol–water partition coefficient (Wildman–Crippen LogP) is 3.37. The van der Waals surface area contributed by atoms with Crippen LogP contribution in [0.1, 0.15) is 29.7 Å². The fraction of sp³-hybridized carbons (Fsp3) is 0.222. The maximum Gasteiger partial charge on any atom is 0.330 e. The number of amidine groups is 1. The van der Waals surface area contributed by atoms with Gasteiger partial charge in [-0.15, -0.1) is 12.4 Å². The second-order valence-corrected chi connectivity index (χ2v) is 5.57. The summed E-state index contributed by atoms with van der Waals surface area (Å²) in [5.41, 5.74) is 9.23. The third-order valence-electron chi connectivity index (χ3n) is 3.57. The summed E-state index contributed by atoms with van der Waals surface area (Å²) >= 11 is 0. The number of hydrogen-bond donors (Lipinski definition) is 5. The van der Waals surface area contributed by atoms with E-state index in [1.54, 1.807) is 24.3 Å². The molecule has 1 unspecified atom stereocenters. The Morgan fingerprint density at radius 2 is 1.84 bits per heavy atom. The Bertz CT molecular complexity index is 747. The van der Waals surface area contributed by atoms with E-state index in [4.69, 9.17) is 11.1 Å². The Morgan fingerprint density at radius 1 is 1.20 bits per heavy atom. The standard InChI is InChI=1S/C18H22N4O2.ClH/c1-3-21-15-9-11(2)8-13(10-15)16(18(23)24)22-14-6-4-12(5-7-14)17(19)20;/h4-10,16,21-22H,3H2,1-2H3,(H3,19,20)(H,23,24);1H. The van der Waals surface area contributed by atoms with Gasteiger partial charge in [0.15, 0.2) is 6.04 Å². The van der Waals surface area contributed by atoms with Crippen LogP contribution < -0.4 is 16.4 Å². The second-order valence-electron chi connectivity index (χ2n) is 5.57. The van der Waals surface area contributed by atoms with Gasteiger partial charge in [0.1, 0.15) is 5.84 Å². The Hall–Kier alpha value is -2.73. The fourth-order valence-corrected chi connectivity index (χ4v) is 2.49. The molecule has 2 aromatic carbocycles. The number of nitrogens with one attached hydrogen (secondary N) is 3. The highest BCUT2D eigenvalue weighted by molar-refractivity contribution is 5.95. The van der Waals surface area contributed by atoms with Crippen LogP contribution in [0.15, 0.2) is 42.5 Å². The average molecular weight is 363 g/mol. The summed E-state index contributed by atoms with van der Waals surface area (Å²) in [7, 11) is 0. The Balaban J connectivity index is 0.00000312. The molecule has 2 aromatic rings. The quantitative estimate of drug-likeness (QED) is 0.383. The first kappa shape index (κ1) is 20.3. The van der Waals surface area contributed by atoms with Gasteiger partial charge in [0.2, 0.25) is 0 Å². The van der Waals surface area contributed by atoms with Crippen molar-refractivity contribution in [2.45, 2.75) is 19.9 Å². The van der Waals surface area contributed by atoms with Gasteiger partial charge in [-0.05, 0) is 61.4 Å². The summed E-state index contributed by atoms with van der Waals surface area (Å²) in [6.45, 7) is 4.69. The summed E-state index contributed by atoms with van der Waals surface area (Å²) in [6.07, 6.45) is 0. The zero-order valence-corrected chi connectivity index (χ0v) is 15.0. The van der Waals surface area contributed by atoms with Crippen LogP contribution in [0.4, 0.5) is 11.4 Å². The van der Waals surface area contributed by atoms with Gasteiger partial charge in [-0.25, -0.2) is 4.79 Å². The van der Waals surface area contributed by atoms with Crippen molar-refractivity contribution in [3.63, 3.8) is 0 Å². The monoisotopic (exact) mass is 362 g/mol. The van der Waals surface area contributed by atoms with Crippen molar-refractivity contribution < 1.29 is 9.90 Å². The van der Waals surface area contributed by atoms with Crippen LogP contribution in [0.25, 0.3) is 0 Å². The van der Waals surface area contributed by atoms with E-state index in [9.17, 15) is 9.90 Å². The smallest absolute Gasteiger partial charge is 0.330 e. The molecule has 0 heterocycles. The molecule has 0 spiro atoms. The van der Waals surface area contributed by atoms with Crippen LogP contribution in [0.2, 0.25) is 0 Å². The highest BCUT2D eigenvalue weighted by Gasteiger charge is 2.20. The first-order valence-corrected chi connectivity index (χ1v) is 7.70. The average Bonchev–Trinajstić information content (AvgIpc) is 2.52. The van der Waals surface area contributed by atoms with Gasteiger partial charge in [-0.1, -0.05) is 6.07 Å². The van der Waals surface area contributed by atoms with E-state index >= 15 is 0 Å². The summed E-state index contributed by atoms with van der Waals surface area (Å²) in [5, 5.41) is 23.2. The molecule has 0 radical (unpaired) electrons. The molecule has 0 amide bonds. The van der Waals surface area contributed by atoms with Crippen molar-refractivity contribution >= 4 is 35.6 Å². The van der Waals surface area contributed by atoms with Gasteiger partial charge in [0.05, 0.1) is 0 Å². The first-order valence-electron chi connectivity index (χ1n) is 7.70. The summed E-state index contributed by atoms with van der Waals surface area (Å²) in [5.74, 6) is -0.982. The number of benzene rings is 2.